The van der Waals surface area contributed by atoms with Crippen LogP contribution in [-0.2, 0) is 18.0 Å². The Kier molecular flexibility index (Phi) is 3.05. The highest BCUT2D eigenvalue weighted by atomic mass is 19.4. The topological polar surface area (TPSA) is 55.1 Å². The van der Waals surface area contributed by atoms with Crippen molar-refractivity contribution in [2.45, 2.75) is 6.18 Å². The molecule has 100 valence electrons. The van der Waals surface area contributed by atoms with E-state index in [0.717, 1.165) is 18.2 Å². The number of halogens is 3. The molecule has 1 aromatic heterocycles. The van der Waals surface area contributed by atoms with Crippen molar-refractivity contribution in [3.05, 3.63) is 35.7 Å². The number of carboxylic acids is 1. The Balaban J connectivity index is 2.54. The summed E-state index contributed by atoms with van der Waals surface area (Å²) >= 11 is 0. The van der Waals surface area contributed by atoms with Gasteiger partial charge in [0.15, 0.2) is 0 Å². The number of imidazole rings is 1. The molecule has 0 saturated carbocycles. The van der Waals surface area contributed by atoms with Crippen molar-refractivity contribution in [2.75, 3.05) is 0 Å². The van der Waals surface area contributed by atoms with E-state index < -0.39 is 17.7 Å². The fraction of sp³-hybridized carbons (Fsp3) is 0.167. The maximum Gasteiger partial charge on any atom is 0.416 e. The van der Waals surface area contributed by atoms with E-state index in [2.05, 4.69) is 4.98 Å². The predicted molar refractivity (Wildman–Crippen MR) is 62.4 cm³/mol. The predicted octanol–water partition coefficient (Wildman–Crippen LogP) is 2.69. The summed E-state index contributed by atoms with van der Waals surface area (Å²) in [5.41, 5.74) is -0.118. The van der Waals surface area contributed by atoms with E-state index in [4.69, 9.17) is 5.11 Å². The maximum absolute atomic E-state index is 12.6. The lowest BCUT2D eigenvalue weighted by molar-refractivity contribution is -0.137. The zero-order valence-corrected chi connectivity index (χ0v) is 9.77. The van der Waals surface area contributed by atoms with Crippen LogP contribution >= 0.6 is 0 Å². The second kappa shape index (κ2) is 4.42. The van der Waals surface area contributed by atoms with Gasteiger partial charge in [0, 0.05) is 13.1 Å². The highest BCUT2D eigenvalue weighted by molar-refractivity contribution is 5.86. The molecule has 0 atom stereocenters. The Morgan fingerprint density at radius 1 is 1.42 bits per heavy atom. The van der Waals surface area contributed by atoms with Gasteiger partial charge >= 0.3 is 12.1 Å². The lowest BCUT2D eigenvalue weighted by Gasteiger charge is -2.05. The molecule has 0 aliphatic heterocycles. The molecule has 0 aliphatic carbocycles. The Morgan fingerprint density at radius 3 is 2.68 bits per heavy atom. The van der Waals surface area contributed by atoms with Crippen LogP contribution in [-0.4, -0.2) is 20.6 Å². The van der Waals surface area contributed by atoms with Gasteiger partial charge < -0.3 is 9.67 Å². The van der Waals surface area contributed by atoms with Crippen molar-refractivity contribution in [3.8, 4) is 0 Å². The zero-order valence-electron chi connectivity index (χ0n) is 9.77. The minimum Gasteiger partial charge on any atom is -0.478 e. The summed E-state index contributed by atoms with van der Waals surface area (Å²) in [6, 6.07) is 3.21. The SMILES string of the molecule is Cn1c(/C=C/C(=O)O)nc2cc(C(F)(F)F)ccc21. The van der Waals surface area contributed by atoms with Gasteiger partial charge in [0.25, 0.3) is 0 Å². The van der Waals surface area contributed by atoms with Crippen LogP contribution in [0.1, 0.15) is 11.4 Å². The molecule has 0 amide bonds. The van der Waals surface area contributed by atoms with Crippen LogP contribution in [0, 0.1) is 0 Å². The van der Waals surface area contributed by atoms with Crippen LogP contribution in [0.2, 0.25) is 0 Å². The summed E-state index contributed by atoms with van der Waals surface area (Å²) in [6.45, 7) is 0. The molecule has 19 heavy (non-hydrogen) atoms. The number of carbonyl (C=O) groups is 1. The van der Waals surface area contributed by atoms with Crippen LogP contribution in [0.5, 0.6) is 0 Å². The molecule has 4 nitrogen and oxygen atoms in total. The van der Waals surface area contributed by atoms with Crippen molar-refractivity contribution < 1.29 is 23.1 Å². The lowest BCUT2D eigenvalue weighted by atomic mass is 10.2. The van der Waals surface area contributed by atoms with E-state index in [1.807, 2.05) is 0 Å². The molecular formula is C12H9F3N2O2. The van der Waals surface area contributed by atoms with Gasteiger partial charge in [-0.3, -0.25) is 0 Å². The largest absolute Gasteiger partial charge is 0.478 e. The number of aliphatic carboxylic acids is 1. The van der Waals surface area contributed by atoms with E-state index in [-0.39, 0.29) is 11.3 Å². The summed E-state index contributed by atoms with van der Waals surface area (Å²) < 4.78 is 39.2. The smallest absolute Gasteiger partial charge is 0.416 e. The highest BCUT2D eigenvalue weighted by Crippen LogP contribution is 2.31. The van der Waals surface area contributed by atoms with Gasteiger partial charge in [-0.1, -0.05) is 0 Å². The summed E-state index contributed by atoms with van der Waals surface area (Å²) in [5, 5.41) is 8.52. The zero-order chi connectivity index (χ0) is 14.2. The van der Waals surface area contributed by atoms with Crippen LogP contribution < -0.4 is 0 Å². The van der Waals surface area contributed by atoms with Crippen molar-refractivity contribution in [2.24, 2.45) is 7.05 Å². The summed E-state index contributed by atoms with van der Waals surface area (Å²) in [6.07, 6.45) is -2.32. The minimum absolute atomic E-state index is 0.169. The van der Waals surface area contributed by atoms with Gasteiger partial charge in [0.2, 0.25) is 0 Å². The molecular weight excluding hydrogens is 261 g/mol. The van der Waals surface area contributed by atoms with E-state index in [1.165, 1.54) is 16.7 Å². The van der Waals surface area contributed by atoms with E-state index in [0.29, 0.717) is 5.52 Å². The molecule has 1 heterocycles. The Labute approximate surface area is 105 Å². The van der Waals surface area contributed by atoms with Gasteiger partial charge in [0.1, 0.15) is 5.82 Å². The summed E-state index contributed by atoms with van der Waals surface area (Å²) in [5.74, 6) is -0.875. The first kappa shape index (κ1) is 13.1. The first-order valence-electron chi connectivity index (χ1n) is 5.24. The number of hydrogen-bond donors (Lipinski definition) is 1. The van der Waals surface area contributed by atoms with Crippen LogP contribution in [0.25, 0.3) is 17.1 Å². The standard InChI is InChI=1S/C12H9F3N2O2/c1-17-9-3-2-7(12(13,14)15)6-8(9)16-10(17)4-5-11(18)19/h2-6H,1H3,(H,18,19)/b5-4+. The highest BCUT2D eigenvalue weighted by Gasteiger charge is 2.30. The Morgan fingerprint density at radius 2 is 2.11 bits per heavy atom. The molecule has 0 aliphatic rings. The summed E-state index contributed by atoms with van der Waals surface area (Å²) in [7, 11) is 1.60. The number of hydrogen-bond acceptors (Lipinski definition) is 2. The fourth-order valence-corrected chi connectivity index (χ4v) is 1.69. The van der Waals surface area contributed by atoms with Crippen LogP contribution in [0.4, 0.5) is 13.2 Å². The maximum atomic E-state index is 12.6. The monoisotopic (exact) mass is 270 g/mol. The second-order valence-electron chi connectivity index (χ2n) is 3.90. The molecule has 7 heteroatoms. The van der Waals surface area contributed by atoms with Gasteiger partial charge in [-0.15, -0.1) is 0 Å². The van der Waals surface area contributed by atoms with Crippen molar-refractivity contribution in [3.63, 3.8) is 0 Å². The molecule has 0 bridgehead atoms. The van der Waals surface area contributed by atoms with Crippen molar-refractivity contribution in [1.82, 2.24) is 9.55 Å². The number of aryl methyl sites for hydroxylation is 1. The molecule has 0 radical (unpaired) electrons. The third-order valence-electron chi connectivity index (χ3n) is 2.62. The number of carboxylic acid groups (broad SMARTS) is 1. The van der Waals surface area contributed by atoms with Crippen LogP contribution in [0.15, 0.2) is 24.3 Å². The van der Waals surface area contributed by atoms with E-state index in [9.17, 15) is 18.0 Å². The number of nitrogens with zero attached hydrogens (tertiary/aromatic N) is 2. The third kappa shape index (κ3) is 2.59. The molecule has 0 fully saturated rings. The molecule has 0 spiro atoms. The average Bonchev–Trinajstić information content (AvgIpc) is 2.62. The third-order valence-corrected chi connectivity index (χ3v) is 2.62. The van der Waals surface area contributed by atoms with Crippen LogP contribution in [0.3, 0.4) is 0 Å². The molecule has 2 rings (SSSR count). The van der Waals surface area contributed by atoms with Crippen molar-refractivity contribution in [1.29, 1.82) is 0 Å². The number of alkyl halides is 3. The number of rotatable bonds is 2. The minimum atomic E-state index is -4.43. The van der Waals surface area contributed by atoms with Gasteiger partial charge in [-0.05, 0) is 24.3 Å². The Bertz CT molecular complexity index is 671. The first-order valence-corrected chi connectivity index (χ1v) is 5.24. The molecule has 1 N–H and O–H groups in total. The second-order valence-corrected chi connectivity index (χ2v) is 3.90. The van der Waals surface area contributed by atoms with Crippen molar-refractivity contribution >= 4 is 23.1 Å². The quantitative estimate of drug-likeness (QED) is 0.853. The normalized spacial score (nSPS) is 12.4. The molecule has 1 aromatic carbocycles. The number of benzene rings is 1. The fourth-order valence-electron chi connectivity index (χ4n) is 1.69. The van der Waals surface area contributed by atoms with Gasteiger partial charge in [-0.2, -0.15) is 13.2 Å². The van der Waals surface area contributed by atoms with Gasteiger partial charge in [0.05, 0.1) is 16.6 Å². The number of fused-ring (bicyclic) bond motifs is 1. The molecule has 0 saturated heterocycles. The van der Waals surface area contributed by atoms with E-state index >= 15 is 0 Å². The average molecular weight is 270 g/mol. The number of aromatic nitrogens is 2. The molecule has 0 unspecified atom stereocenters. The first-order chi connectivity index (χ1) is 8.79. The van der Waals surface area contributed by atoms with Gasteiger partial charge in [-0.25, -0.2) is 9.78 Å². The summed E-state index contributed by atoms with van der Waals surface area (Å²) in [4.78, 5) is 14.4. The lowest BCUT2D eigenvalue weighted by Crippen LogP contribution is -2.04. The Hall–Kier alpha value is -2.31. The molecule has 2 aromatic rings. The van der Waals surface area contributed by atoms with E-state index in [1.54, 1.807) is 7.05 Å².